The molecular formula is C19H18Cl2N4O4. The van der Waals surface area contributed by atoms with Gasteiger partial charge in [0.05, 0.1) is 15.6 Å². The number of hydrogen-bond donors (Lipinski definition) is 3. The van der Waals surface area contributed by atoms with Gasteiger partial charge in [-0.1, -0.05) is 29.3 Å². The number of carboxylic acid groups (broad SMARTS) is 2. The fourth-order valence-corrected chi connectivity index (χ4v) is 2.73. The molecule has 1 aromatic carbocycles. The van der Waals surface area contributed by atoms with E-state index in [2.05, 4.69) is 10.1 Å². The number of benzene rings is 1. The second-order valence-electron chi connectivity index (χ2n) is 5.75. The molecule has 0 saturated carbocycles. The summed E-state index contributed by atoms with van der Waals surface area (Å²) in [5.74, 6) is -2.51. The zero-order valence-electron chi connectivity index (χ0n) is 15.1. The highest BCUT2D eigenvalue weighted by Crippen LogP contribution is 2.32. The summed E-state index contributed by atoms with van der Waals surface area (Å²) in [4.78, 5) is 23.3. The van der Waals surface area contributed by atoms with Crippen molar-refractivity contribution in [3.8, 4) is 11.3 Å². The number of nitrogens with two attached hydrogens (primary N) is 1. The van der Waals surface area contributed by atoms with Gasteiger partial charge in [0.2, 0.25) is 0 Å². The quantitative estimate of drug-likeness (QED) is 0.503. The fraction of sp³-hybridized carbons (Fsp3) is 0.158. The van der Waals surface area contributed by atoms with Crippen LogP contribution in [0.15, 0.2) is 48.8 Å². The summed E-state index contributed by atoms with van der Waals surface area (Å²) in [5, 5.41) is 22.4. The van der Waals surface area contributed by atoms with Crippen molar-refractivity contribution in [3.63, 3.8) is 0 Å². The maximum atomic E-state index is 9.55. The summed E-state index contributed by atoms with van der Waals surface area (Å²) in [6, 6.07) is 7.47. The molecule has 2 aromatic heterocycles. The third-order valence-corrected chi connectivity index (χ3v) is 4.43. The lowest BCUT2D eigenvalue weighted by Gasteiger charge is -2.01. The van der Waals surface area contributed by atoms with Crippen LogP contribution >= 0.6 is 23.2 Å². The van der Waals surface area contributed by atoms with Crippen molar-refractivity contribution >= 4 is 46.0 Å². The lowest BCUT2D eigenvalue weighted by Crippen LogP contribution is -2.06. The smallest absolute Gasteiger partial charge is 0.328 e. The van der Waals surface area contributed by atoms with E-state index < -0.39 is 11.9 Å². The predicted molar refractivity (Wildman–Crippen MR) is 111 cm³/mol. The van der Waals surface area contributed by atoms with Gasteiger partial charge < -0.3 is 15.9 Å². The summed E-state index contributed by atoms with van der Waals surface area (Å²) in [5.41, 5.74) is 8.41. The van der Waals surface area contributed by atoms with Crippen LogP contribution in [0, 0.1) is 0 Å². The fourth-order valence-electron chi connectivity index (χ4n) is 2.43. The number of aliphatic carboxylic acids is 2. The summed E-state index contributed by atoms with van der Waals surface area (Å²) in [6.07, 6.45) is 5.57. The first-order valence-electron chi connectivity index (χ1n) is 8.43. The van der Waals surface area contributed by atoms with E-state index >= 15 is 0 Å². The first-order valence-corrected chi connectivity index (χ1v) is 9.19. The summed E-state index contributed by atoms with van der Waals surface area (Å²) in [7, 11) is 0. The van der Waals surface area contributed by atoms with Crippen molar-refractivity contribution in [2.45, 2.75) is 13.0 Å². The molecule has 3 aromatic rings. The van der Waals surface area contributed by atoms with Gasteiger partial charge in [-0.3, -0.25) is 9.67 Å². The third-order valence-electron chi connectivity index (χ3n) is 3.69. The van der Waals surface area contributed by atoms with Crippen molar-refractivity contribution in [2.75, 3.05) is 6.54 Å². The maximum absolute atomic E-state index is 9.55. The Hall–Kier alpha value is -2.94. The second-order valence-corrected chi connectivity index (χ2v) is 6.56. The highest BCUT2D eigenvalue weighted by Gasteiger charge is 2.13. The van der Waals surface area contributed by atoms with Crippen LogP contribution in [-0.2, 0) is 16.1 Å². The van der Waals surface area contributed by atoms with Crippen molar-refractivity contribution < 1.29 is 19.8 Å². The number of aromatic nitrogens is 3. The number of pyridine rings is 1. The third kappa shape index (κ3) is 6.28. The van der Waals surface area contributed by atoms with Gasteiger partial charge in [-0.15, -0.1) is 0 Å². The van der Waals surface area contributed by atoms with Crippen LogP contribution in [0.4, 0.5) is 0 Å². The first-order chi connectivity index (χ1) is 13.8. The van der Waals surface area contributed by atoms with Gasteiger partial charge in [0.15, 0.2) is 0 Å². The molecule has 8 nitrogen and oxygen atoms in total. The minimum Gasteiger partial charge on any atom is -0.478 e. The molecule has 0 aliphatic heterocycles. The lowest BCUT2D eigenvalue weighted by atomic mass is 10.1. The SMILES string of the molecule is NCCCn1nc(-c2ccc(Cl)c(Cl)c2)c2cnccc21.O=C(O)C=CC(=O)O. The van der Waals surface area contributed by atoms with Crippen molar-refractivity contribution in [2.24, 2.45) is 5.73 Å². The second kappa shape index (κ2) is 10.6. The zero-order valence-corrected chi connectivity index (χ0v) is 16.6. The number of fused-ring (bicyclic) bond motifs is 1. The summed E-state index contributed by atoms with van der Waals surface area (Å²) >= 11 is 12.1. The van der Waals surface area contributed by atoms with Crippen LogP contribution in [-0.4, -0.2) is 43.5 Å². The molecule has 0 saturated heterocycles. The van der Waals surface area contributed by atoms with Crippen LogP contribution < -0.4 is 5.73 Å². The van der Waals surface area contributed by atoms with Crippen molar-refractivity contribution in [1.82, 2.24) is 14.8 Å². The number of aryl methyl sites for hydroxylation is 1. The maximum Gasteiger partial charge on any atom is 0.328 e. The average Bonchev–Trinajstić information content (AvgIpc) is 3.06. The molecule has 0 atom stereocenters. The molecule has 0 amide bonds. The van der Waals surface area contributed by atoms with E-state index in [1.165, 1.54) is 0 Å². The van der Waals surface area contributed by atoms with E-state index in [9.17, 15) is 9.59 Å². The topological polar surface area (TPSA) is 131 Å². The van der Waals surface area contributed by atoms with E-state index in [0.29, 0.717) is 28.7 Å². The largest absolute Gasteiger partial charge is 0.478 e. The van der Waals surface area contributed by atoms with E-state index in [0.717, 1.165) is 35.1 Å². The Kier molecular flexibility index (Phi) is 8.14. The number of halogens is 2. The first kappa shape index (κ1) is 22.4. The minimum atomic E-state index is -1.26. The van der Waals surface area contributed by atoms with Gasteiger partial charge in [0.25, 0.3) is 0 Å². The molecule has 0 radical (unpaired) electrons. The Balaban J connectivity index is 0.000000321. The van der Waals surface area contributed by atoms with Crippen molar-refractivity contribution in [3.05, 3.63) is 58.9 Å². The Morgan fingerprint density at radius 2 is 1.79 bits per heavy atom. The Morgan fingerprint density at radius 1 is 1.10 bits per heavy atom. The molecule has 0 aliphatic carbocycles. The molecule has 4 N–H and O–H groups in total. The number of nitrogens with zero attached hydrogens (tertiary/aromatic N) is 3. The van der Waals surface area contributed by atoms with Crippen LogP contribution in [0.3, 0.4) is 0 Å². The van der Waals surface area contributed by atoms with Crippen LogP contribution in [0.25, 0.3) is 22.2 Å². The predicted octanol–water partition coefficient (Wildman–Crippen LogP) is 3.47. The Morgan fingerprint density at radius 3 is 2.38 bits per heavy atom. The molecule has 0 spiro atoms. The molecule has 3 rings (SSSR count). The molecule has 2 heterocycles. The number of hydrogen-bond acceptors (Lipinski definition) is 5. The molecular weight excluding hydrogens is 419 g/mol. The lowest BCUT2D eigenvalue weighted by molar-refractivity contribution is -0.134. The normalized spacial score (nSPS) is 10.7. The van der Waals surface area contributed by atoms with Gasteiger partial charge in [-0.05, 0) is 31.2 Å². The number of rotatable bonds is 6. The zero-order chi connectivity index (χ0) is 21.4. The van der Waals surface area contributed by atoms with Crippen LogP contribution in [0.5, 0.6) is 0 Å². The Labute approximate surface area is 176 Å². The highest BCUT2D eigenvalue weighted by molar-refractivity contribution is 6.42. The molecule has 0 fully saturated rings. The van der Waals surface area contributed by atoms with Crippen molar-refractivity contribution in [1.29, 1.82) is 0 Å². The number of carboxylic acids is 2. The number of carbonyl (C=O) groups is 2. The average molecular weight is 437 g/mol. The summed E-state index contributed by atoms with van der Waals surface area (Å²) < 4.78 is 1.96. The summed E-state index contributed by atoms with van der Waals surface area (Å²) in [6.45, 7) is 1.41. The molecule has 0 aliphatic rings. The monoisotopic (exact) mass is 436 g/mol. The molecule has 0 bridgehead atoms. The van der Waals surface area contributed by atoms with E-state index in [4.69, 9.17) is 39.1 Å². The van der Waals surface area contributed by atoms with E-state index in [1.807, 2.05) is 29.1 Å². The van der Waals surface area contributed by atoms with Gasteiger partial charge in [-0.25, -0.2) is 9.59 Å². The van der Waals surface area contributed by atoms with Gasteiger partial charge >= 0.3 is 11.9 Å². The van der Waals surface area contributed by atoms with E-state index in [1.54, 1.807) is 12.3 Å². The van der Waals surface area contributed by atoms with Gasteiger partial charge in [0, 0.05) is 42.0 Å². The van der Waals surface area contributed by atoms with E-state index in [-0.39, 0.29) is 0 Å². The molecule has 0 unspecified atom stereocenters. The molecule has 10 heteroatoms. The minimum absolute atomic E-state index is 0.516. The van der Waals surface area contributed by atoms with Crippen LogP contribution in [0.1, 0.15) is 6.42 Å². The van der Waals surface area contributed by atoms with Gasteiger partial charge in [-0.2, -0.15) is 5.10 Å². The van der Waals surface area contributed by atoms with Gasteiger partial charge in [0.1, 0.15) is 5.69 Å². The Bertz CT molecular complexity index is 1030. The standard InChI is InChI=1S/C15H14Cl2N4.C4H4O4/c16-12-3-2-10(8-13(12)17)15-11-9-19-6-4-14(11)21(20-15)7-1-5-18;5-3(6)1-2-4(7)8/h2-4,6,8-9H,1,5,7,18H2;1-2H,(H,5,6)(H,7,8). The molecule has 29 heavy (non-hydrogen) atoms. The van der Waals surface area contributed by atoms with Crippen LogP contribution in [0.2, 0.25) is 10.0 Å². The highest BCUT2D eigenvalue weighted by atomic mass is 35.5. The molecule has 152 valence electrons.